The van der Waals surface area contributed by atoms with E-state index < -0.39 is 47.9 Å². The fraction of sp³-hybridized carbons (Fsp3) is 0.435. The van der Waals surface area contributed by atoms with Crippen molar-refractivity contribution >= 4 is 23.7 Å². The molecule has 2 heterocycles. The molecule has 1 aromatic heterocycles. The molecule has 35 heavy (non-hydrogen) atoms. The number of carboxylic acid groups (broad SMARTS) is 1. The van der Waals surface area contributed by atoms with Crippen LogP contribution in [0, 0.1) is 0 Å². The lowest BCUT2D eigenvalue weighted by atomic mass is 10.0. The number of imidazole rings is 1. The summed E-state index contributed by atoms with van der Waals surface area (Å²) in [5.74, 6) is -2.70. The fourth-order valence-corrected chi connectivity index (χ4v) is 4.00. The minimum atomic E-state index is -1.21. The zero-order valence-electron chi connectivity index (χ0n) is 19.3. The van der Waals surface area contributed by atoms with Gasteiger partial charge < -0.3 is 36.5 Å². The molecule has 0 bridgehead atoms. The van der Waals surface area contributed by atoms with Gasteiger partial charge in [0, 0.05) is 31.3 Å². The summed E-state index contributed by atoms with van der Waals surface area (Å²) in [6, 6.07) is 2.16. The topological polar surface area (TPSA) is 191 Å². The molecule has 0 radical (unpaired) electrons. The molecule has 12 nitrogen and oxygen atoms in total. The minimum absolute atomic E-state index is 0.0166. The predicted molar refractivity (Wildman–Crippen MR) is 124 cm³/mol. The highest BCUT2D eigenvalue weighted by Crippen LogP contribution is 2.19. The summed E-state index contributed by atoms with van der Waals surface area (Å²) in [7, 11) is 0. The van der Waals surface area contributed by atoms with E-state index in [1.54, 1.807) is 18.3 Å². The number of aromatic amines is 1. The van der Waals surface area contributed by atoms with Gasteiger partial charge >= 0.3 is 5.97 Å². The Morgan fingerprint density at radius 2 is 1.91 bits per heavy atom. The molecule has 3 amide bonds. The molecule has 0 aliphatic carbocycles. The van der Waals surface area contributed by atoms with Crippen molar-refractivity contribution in [1.82, 2.24) is 25.5 Å². The molecule has 1 aliphatic heterocycles. The van der Waals surface area contributed by atoms with Crippen molar-refractivity contribution in [3.05, 3.63) is 48.0 Å². The molecule has 7 N–H and O–H groups in total. The number of phenols is 1. The van der Waals surface area contributed by atoms with Gasteiger partial charge in [0.05, 0.1) is 12.4 Å². The van der Waals surface area contributed by atoms with Crippen LogP contribution in [0.15, 0.2) is 36.8 Å². The van der Waals surface area contributed by atoms with Crippen molar-refractivity contribution in [3.63, 3.8) is 0 Å². The van der Waals surface area contributed by atoms with E-state index in [0.29, 0.717) is 30.6 Å². The first-order valence-electron chi connectivity index (χ1n) is 11.3. The number of nitrogens with one attached hydrogen (secondary N) is 3. The van der Waals surface area contributed by atoms with Crippen LogP contribution in [0.2, 0.25) is 0 Å². The van der Waals surface area contributed by atoms with Crippen molar-refractivity contribution in [2.24, 2.45) is 5.73 Å². The molecule has 1 aromatic carbocycles. The quantitative estimate of drug-likeness (QED) is 0.254. The third-order valence-corrected chi connectivity index (χ3v) is 5.89. The van der Waals surface area contributed by atoms with E-state index in [1.165, 1.54) is 30.3 Å². The van der Waals surface area contributed by atoms with Crippen LogP contribution in [0.5, 0.6) is 5.75 Å². The van der Waals surface area contributed by atoms with Gasteiger partial charge in [-0.05, 0) is 37.5 Å². The predicted octanol–water partition coefficient (Wildman–Crippen LogP) is -0.707. The highest BCUT2D eigenvalue weighted by molar-refractivity contribution is 5.94. The zero-order chi connectivity index (χ0) is 25.5. The summed E-state index contributed by atoms with van der Waals surface area (Å²) in [6.07, 6.45) is 4.22. The maximum Gasteiger partial charge on any atom is 0.326 e. The smallest absolute Gasteiger partial charge is 0.326 e. The van der Waals surface area contributed by atoms with E-state index in [-0.39, 0.29) is 18.6 Å². The van der Waals surface area contributed by atoms with E-state index in [4.69, 9.17) is 5.73 Å². The molecule has 1 fully saturated rings. The van der Waals surface area contributed by atoms with Gasteiger partial charge in [0.2, 0.25) is 17.7 Å². The van der Waals surface area contributed by atoms with E-state index in [9.17, 15) is 29.4 Å². The monoisotopic (exact) mass is 486 g/mol. The molecule has 4 unspecified atom stereocenters. The Hall–Kier alpha value is -3.93. The number of aromatic hydroxyl groups is 1. The number of likely N-dealkylation sites (tertiary alicyclic amines) is 1. The number of aliphatic carboxylic acids is 1. The second kappa shape index (κ2) is 11.5. The number of aromatic nitrogens is 2. The Morgan fingerprint density at radius 3 is 2.54 bits per heavy atom. The van der Waals surface area contributed by atoms with Crippen LogP contribution in [0.4, 0.5) is 0 Å². The standard InChI is InChI=1S/C23H30N6O6/c1-13(27-20(31)17(24)10-15-11-25-12-26-15)22(33)29-8-2-3-19(29)21(32)28-18(23(34)35)9-14-4-6-16(30)7-5-14/h4-7,11-13,17-19,30H,2-3,8-10,24H2,1H3,(H,25,26)(H,27,31)(H,28,32)(H,34,35). The average Bonchev–Trinajstić information content (AvgIpc) is 3.51. The fourth-order valence-electron chi connectivity index (χ4n) is 4.00. The van der Waals surface area contributed by atoms with Crippen molar-refractivity contribution in [2.45, 2.75) is 56.8 Å². The number of nitrogens with zero attached hydrogens (tertiary/aromatic N) is 2. The number of carbonyl (C=O) groups is 4. The summed E-state index contributed by atoms with van der Waals surface area (Å²) >= 11 is 0. The molecule has 3 rings (SSSR count). The lowest BCUT2D eigenvalue weighted by Crippen LogP contribution is -2.56. The van der Waals surface area contributed by atoms with Crippen LogP contribution in [0.25, 0.3) is 0 Å². The Labute approximate surface area is 201 Å². The number of carbonyl (C=O) groups excluding carboxylic acids is 3. The van der Waals surface area contributed by atoms with Crippen LogP contribution in [0.1, 0.15) is 31.0 Å². The van der Waals surface area contributed by atoms with Gasteiger partial charge in [-0.15, -0.1) is 0 Å². The number of benzene rings is 1. The second-order valence-electron chi connectivity index (χ2n) is 8.58. The first-order chi connectivity index (χ1) is 16.7. The van der Waals surface area contributed by atoms with E-state index in [0.717, 1.165) is 0 Å². The van der Waals surface area contributed by atoms with Crippen molar-refractivity contribution in [2.75, 3.05) is 6.54 Å². The summed E-state index contributed by atoms with van der Waals surface area (Å²) in [5.41, 5.74) is 7.23. The number of hydrogen-bond donors (Lipinski definition) is 6. The molecule has 4 atom stereocenters. The van der Waals surface area contributed by atoms with Gasteiger partial charge in [0.1, 0.15) is 23.9 Å². The first-order valence-corrected chi connectivity index (χ1v) is 11.3. The van der Waals surface area contributed by atoms with E-state index in [2.05, 4.69) is 20.6 Å². The van der Waals surface area contributed by atoms with Crippen LogP contribution < -0.4 is 16.4 Å². The SMILES string of the molecule is CC(NC(=O)C(N)Cc1cnc[nH]1)C(=O)N1CCCC1C(=O)NC(Cc1ccc(O)cc1)C(=O)O. The normalized spacial score (nSPS) is 17.9. The summed E-state index contributed by atoms with van der Waals surface area (Å²) in [4.78, 5) is 58.2. The number of rotatable bonds is 10. The first kappa shape index (κ1) is 25.7. The summed E-state index contributed by atoms with van der Waals surface area (Å²) in [6.45, 7) is 1.83. The molecule has 12 heteroatoms. The second-order valence-corrected chi connectivity index (χ2v) is 8.58. The van der Waals surface area contributed by atoms with Gasteiger partial charge in [-0.25, -0.2) is 9.78 Å². The Kier molecular flexibility index (Phi) is 8.42. The van der Waals surface area contributed by atoms with E-state index in [1.807, 2.05) is 0 Å². The molecule has 0 spiro atoms. The highest BCUT2D eigenvalue weighted by Gasteiger charge is 2.38. The summed E-state index contributed by atoms with van der Waals surface area (Å²) in [5, 5.41) is 24.1. The third kappa shape index (κ3) is 6.79. The van der Waals surface area contributed by atoms with Crippen LogP contribution in [0.3, 0.4) is 0 Å². The van der Waals surface area contributed by atoms with Crippen LogP contribution in [-0.4, -0.2) is 79.5 Å². The largest absolute Gasteiger partial charge is 0.508 e. The number of hydrogen-bond acceptors (Lipinski definition) is 7. The number of H-pyrrole nitrogens is 1. The lowest BCUT2D eigenvalue weighted by molar-refractivity contribution is -0.144. The third-order valence-electron chi connectivity index (χ3n) is 5.89. The Bertz CT molecular complexity index is 1040. The molecule has 2 aromatic rings. The molecule has 1 aliphatic rings. The van der Waals surface area contributed by atoms with Crippen LogP contribution >= 0.6 is 0 Å². The maximum atomic E-state index is 13.0. The Balaban J connectivity index is 1.58. The molecular weight excluding hydrogens is 456 g/mol. The number of nitrogens with two attached hydrogens (primary N) is 1. The minimum Gasteiger partial charge on any atom is -0.508 e. The molecular formula is C23H30N6O6. The number of amides is 3. The van der Waals surface area contributed by atoms with Gasteiger partial charge in [0.15, 0.2) is 0 Å². The molecule has 0 saturated carbocycles. The molecule has 188 valence electrons. The Morgan fingerprint density at radius 1 is 1.20 bits per heavy atom. The highest BCUT2D eigenvalue weighted by atomic mass is 16.4. The van der Waals surface area contributed by atoms with Gasteiger partial charge in [0.25, 0.3) is 0 Å². The number of phenolic OH excluding ortho intramolecular Hbond substituents is 1. The van der Waals surface area contributed by atoms with Gasteiger partial charge in [-0.1, -0.05) is 12.1 Å². The lowest BCUT2D eigenvalue weighted by Gasteiger charge is -2.28. The van der Waals surface area contributed by atoms with Gasteiger partial charge in [-0.3, -0.25) is 14.4 Å². The van der Waals surface area contributed by atoms with Crippen molar-refractivity contribution in [3.8, 4) is 5.75 Å². The van der Waals surface area contributed by atoms with Crippen molar-refractivity contribution in [1.29, 1.82) is 0 Å². The molecule has 1 saturated heterocycles. The summed E-state index contributed by atoms with van der Waals surface area (Å²) < 4.78 is 0. The zero-order valence-corrected chi connectivity index (χ0v) is 19.3. The van der Waals surface area contributed by atoms with Crippen LogP contribution in [-0.2, 0) is 32.0 Å². The average molecular weight is 487 g/mol. The van der Waals surface area contributed by atoms with Gasteiger partial charge in [-0.2, -0.15) is 0 Å². The maximum absolute atomic E-state index is 13.0. The van der Waals surface area contributed by atoms with Crippen molar-refractivity contribution < 1.29 is 29.4 Å². The van der Waals surface area contributed by atoms with E-state index >= 15 is 0 Å². The number of carboxylic acids is 1.